The van der Waals surface area contributed by atoms with Crippen molar-refractivity contribution in [2.75, 3.05) is 0 Å². The van der Waals surface area contributed by atoms with Gasteiger partial charge in [-0.2, -0.15) is 0 Å². The van der Waals surface area contributed by atoms with Crippen LogP contribution in [0.2, 0.25) is 0 Å². The number of aryl methyl sites for hydroxylation is 1. The maximum atomic E-state index is 6.23. The Bertz CT molecular complexity index is 2260. The summed E-state index contributed by atoms with van der Waals surface area (Å²) in [4.78, 5) is 8.91. The molecule has 47 heavy (non-hydrogen) atoms. The van der Waals surface area contributed by atoms with Crippen LogP contribution in [0, 0.1) is 19.1 Å². The fourth-order valence-electron chi connectivity index (χ4n) is 5.88. The predicted octanol–water partition coefficient (Wildman–Crippen LogP) is 11.4. The summed E-state index contributed by atoms with van der Waals surface area (Å²) < 4.78 is 6.23. The number of para-hydroxylation sites is 1. The van der Waals surface area contributed by atoms with Crippen molar-refractivity contribution in [1.82, 2.24) is 9.97 Å². The van der Waals surface area contributed by atoms with Gasteiger partial charge in [0.2, 0.25) is 0 Å². The van der Waals surface area contributed by atoms with Crippen LogP contribution in [0.3, 0.4) is 0 Å². The van der Waals surface area contributed by atoms with Gasteiger partial charge in [-0.25, -0.2) is 0 Å². The van der Waals surface area contributed by atoms with Crippen molar-refractivity contribution in [3.63, 3.8) is 0 Å². The van der Waals surface area contributed by atoms with Crippen molar-refractivity contribution in [2.24, 2.45) is 0 Å². The molecule has 0 amide bonds. The number of nitrogens with zero attached hydrogens (tertiary/aromatic N) is 2. The van der Waals surface area contributed by atoms with Crippen molar-refractivity contribution in [3.8, 4) is 33.6 Å². The molecule has 0 aliphatic heterocycles. The normalized spacial score (nSPS) is 11.2. The minimum atomic E-state index is 0. The molecule has 0 atom stereocenters. The summed E-state index contributed by atoms with van der Waals surface area (Å²) in [5.74, 6) is 0. The zero-order valence-electron chi connectivity index (χ0n) is 26.8. The Hall–Kier alpha value is -4.89. The van der Waals surface area contributed by atoms with Crippen LogP contribution in [0.25, 0.3) is 66.4 Å². The number of hydrogen-bond donors (Lipinski definition) is 0. The minimum absolute atomic E-state index is 0. The van der Waals surface area contributed by atoms with Crippen LogP contribution in [0.4, 0.5) is 0 Å². The molecule has 0 saturated carbocycles. The molecule has 0 fully saturated rings. The van der Waals surface area contributed by atoms with E-state index >= 15 is 0 Å². The summed E-state index contributed by atoms with van der Waals surface area (Å²) in [6, 6.07) is 48.0. The Morgan fingerprint density at radius 3 is 2.23 bits per heavy atom. The molecule has 3 heterocycles. The Balaban J connectivity index is 0.000000250. The largest absolute Gasteiger partial charge is 0.501 e. The number of aromatic nitrogens is 2. The van der Waals surface area contributed by atoms with Crippen molar-refractivity contribution in [3.05, 3.63) is 157 Å². The quantitative estimate of drug-likeness (QED) is 0.167. The van der Waals surface area contributed by atoms with Crippen molar-refractivity contribution >= 4 is 32.7 Å². The van der Waals surface area contributed by atoms with Gasteiger partial charge in [0, 0.05) is 37.9 Å². The second kappa shape index (κ2) is 13.5. The number of rotatable bonds is 3. The van der Waals surface area contributed by atoms with E-state index in [0.29, 0.717) is 0 Å². The van der Waals surface area contributed by atoms with Crippen LogP contribution in [0.5, 0.6) is 0 Å². The van der Waals surface area contributed by atoms with Gasteiger partial charge < -0.3 is 14.4 Å². The van der Waals surface area contributed by atoms with Crippen LogP contribution in [-0.4, -0.2) is 9.97 Å². The predicted molar refractivity (Wildman–Crippen MR) is 191 cm³/mol. The topological polar surface area (TPSA) is 38.9 Å². The fraction of sp³-hybridized carbons (Fsp3) is 0.116. The minimum Gasteiger partial charge on any atom is -0.501 e. The van der Waals surface area contributed by atoms with Crippen LogP contribution in [0.1, 0.15) is 31.9 Å². The smallest absolute Gasteiger partial charge is 0.120 e. The zero-order chi connectivity index (χ0) is 31.7. The average Bonchev–Trinajstić information content (AvgIpc) is 3.47. The molecule has 8 aromatic rings. The molecule has 233 valence electrons. The number of hydrogen-bond acceptors (Lipinski definition) is 3. The van der Waals surface area contributed by atoms with E-state index in [-0.39, 0.29) is 25.5 Å². The first-order valence-electron chi connectivity index (χ1n) is 15.6. The molecule has 0 unspecified atom stereocenters. The summed E-state index contributed by atoms with van der Waals surface area (Å²) in [7, 11) is 0. The van der Waals surface area contributed by atoms with Crippen LogP contribution >= 0.6 is 0 Å². The Kier molecular flexibility index (Phi) is 9.18. The monoisotopic (exact) mass is 787 g/mol. The molecule has 3 nitrogen and oxygen atoms in total. The van der Waals surface area contributed by atoms with Crippen LogP contribution in [0.15, 0.2) is 138 Å². The summed E-state index contributed by atoms with van der Waals surface area (Å²) >= 11 is 0. The van der Waals surface area contributed by atoms with Crippen molar-refractivity contribution < 1.29 is 24.5 Å². The second-order valence-corrected chi connectivity index (χ2v) is 12.6. The van der Waals surface area contributed by atoms with Crippen molar-refractivity contribution in [1.29, 1.82) is 0 Å². The third-order valence-electron chi connectivity index (χ3n) is 8.37. The average molecular weight is 787 g/mol. The number of benzene rings is 5. The van der Waals surface area contributed by atoms with E-state index in [0.717, 1.165) is 50.0 Å². The van der Waals surface area contributed by atoms with Gasteiger partial charge in [-0.15, -0.1) is 54.1 Å². The molecule has 0 saturated heterocycles. The van der Waals surface area contributed by atoms with Gasteiger partial charge >= 0.3 is 0 Å². The molecule has 0 aliphatic carbocycles. The summed E-state index contributed by atoms with van der Waals surface area (Å²) in [5, 5.41) is 4.73. The second-order valence-electron chi connectivity index (χ2n) is 12.6. The van der Waals surface area contributed by atoms with E-state index in [2.05, 4.69) is 99.4 Å². The Labute approximate surface area is 289 Å². The maximum Gasteiger partial charge on any atom is 0.120 e. The van der Waals surface area contributed by atoms with Gasteiger partial charge in [0.1, 0.15) is 5.58 Å². The van der Waals surface area contributed by atoms with Gasteiger partial charge in [-0.3, -0.25) is 0 Å². The molecule has 1 radical (unpaired) electrons. The number of fused-ring (bicyclic) bond motifs is 4. The zero-order valence-corrected chi connectivity index (χ0v) is 29.2. The molecule has 0 bridgehead atoms. The molecular formula is C43H34IrN2O-2. The van der Waals surface area contributed by atoms with Gasteiger partial charge in [0.25, 0.3) is 0 Å². The van der Waals surface area contributed by atoms with Crippen LogP contribution < -0.4 is 0 Å². The van der Waals surface area contributed by atoms with E-state index in [1.165, 1.54) is 27.5 Å². The summed E-state index contributed by atoms with van der Waals surface area (Å²) in [5.41, 5.74) is 10.6. The number of pyridine rings is 2. The van der Waals surface area contributed by atoms with Gasteiger partial charge in [-0.05, 0) is 81.0 Å². The number of furan rings is 1. The first-order valence-corrected chi connectivity index (χ1v) is 15.6. The third-order valence-corrected chi connectivity index (χ3v) is 8.37. The molecule has 8 rings (SSSR count). The summed E-state index contributed by atoms with van der Waals surface area (Å²) in [6.45, 7) is 8.96. The van der Waals surface area contributed by atoms with E-state index in [9.17, 15) is 0 Å². The Morgan fingerprint density at radius 2 is 1.45 bits per heavy atom. The van der Waals surface area contributed by atoms with Gasteiger partial charge in [0.05, 0.1) is 5.58 Å². The molecule has 5 aromatic carbocycles. The van der Waals surface area contributed by atoms with Gasteiger partial charge in [-0.1, -0.05) is 92.4 Å². The first kappa shape index (κ1) is 32.1. The molecule has 0 aliphatic rings. The van der Waals surface area contributed by atoms with E-state index < -0.39 is 0 Å². The molecule has 3 aromatic heterocycles. The van der Waals surface area contributed by atoms with E-state index in [1.807, 2.05) is 72.9 Å². The molecular weight excluding hydrogens is 753 g/mol. The van der Waals surface area contributed by atoms with E-state index in [1.54, 1.807) is 6.20 Å². The molecule has 4 heteroatoms. The van der Waals surface area contributed by atoms with Crippen molar-refractivity contribution in [2.45, 2.75) is 33.1 Å². The molecule has 0 spiro atoms. The molecule has 0 N–H and O–H groups in total. The SMILES string of the molecule is Cc1cc2cc(C(C)(C)C)ccc2cc1-c1ccnc(-c2[c-]ccc3c2oc2ccccc23)c1.[Ir].[c-]1ccccc1-c1ccccn1. The third kappa shape index (κ3) is 6.67. The fourth-order valence-corrected chi connectivity index (χ4v) is 5.88. The van der Waals surface area contributed by atoms with Gasteiger partial charge in [0.15, 0.2) is 0 Å². The summed E-state index contributed by atoms with van der Waals surface area (Å²) in [6.07, 6.45) is 3.67. The Morgan fingerprint density at radius 1 is 0.638 bits per heavy atom. The van der Waals surface area contributed by atoms with E-state index in [4.69, 9.17) is 9.40 Å². The first-order chi connectivity index (χ1) is 22.3. The maximum absolute atomic E-state index is 6.23. The van der Waals surface area contributed by atoms with Crippen LogP contribution in [-0.2, 0) is 25.5 Å². The standard InChI is InChI=1S/C32H26NO.C11H8N.Ir/c1-20-16-23-17-24(32(2,3)4)13-12-21(23)18-28(20)22-14-15-33-29(19-22)27-10-7-9-26-25-8-5-6-11-30(25)34-31(26)27;1-2-6-10(7-3-1)11-8-4-5-9-12-11;/h5-9,11-19H,1-4H3;1-6,8-9H;/q2*-1;.